The second-order valence-corrected chi connectivity index (χ2v) is 7.42. The van der Waals surface area contributed by atoms with E-state index in [2.05, 4.69) is 15.5 Å². The van der Waals surface area contributed by atoms with E-state index in [9.17, 15) is 4.79 Å². The number of amides is 1. The molecule has 0 saturated carbocycles. The van der Waals surface area contributed by atoms with Crippen LogP contribution in [0.4, 0.5) is 5.13 Å². The largest absolute Gasteiger partial charge is 0.368 e. The first-order valence-corrected chi connectivity index (χ1v) is 9.02. The molecule has 116 valence electrons. The Balaban J connectivity index is 1.52. The highest BCUT2D eigenvalue weighted by Crippen LogP contribution is 2.29. The zero-order valence-electron chi connectivity index (χ0n) is 11.6. The van der Waals surface area contributed by atoms with Crippen molar-refractivity contribution in [2.24, 2.45) is 0 Å². The molecule has 0 bridgehead atoms. The van der Waals surface area contributed by atoms with Crippen LogP contribution in [0.1, 0.15) is 18.4 Å². The highest BCUT2D eigenvalue weighted by molar-refractivity contribution is 8.00. The van der Waals surface area contributed by atoms with Gasteiger partial charge in [0, 0.05) is 17.4 Å². The molecule has 0 spiro atoms. The topological polar surface area (TPSA) is 64.1 Å². The maximum absolute atomic E-state index is 11.9. The third kappa shape index (κ3) is 4.19. The highest BCUT2D eigenvalue weighted by atomic mass is 35.5. The number of anilines is 1. The van der Waals surface area contributed by atoms with Crippen molar-refractivity contribution >= 4 is 45.7 Å². The lowest BCUT2D eigenvalue weighted by Gasteiger charge is -2.06. The van der Waals surface area contributed by atoms with E-state index < -0.39 is 0 Å². The number of carbonyl (C=O) groups is 1. The van der Waals surface area contributed by atoms with Crippen molar-refractivity contribution in [3.05, 3.63) is 34.9 Å². The Hall–Kier alpha value is -1.15. The molecule has 2 heterocycles. The van der Waals surface area contributed by atoms with E-state index in [0.717, 1.165) is 33.5 Å². The fourth-order valence-corrected chi connectivity index (χ4v) is 3.85. The van der Waals surface area contributed by atoms with E-state index in [1.165, 1.54) is 11.3 Å². The van der Waals surface area contributed by atoms with Crippen LogP contribution in [-0.4, -0.2) is 28.8 Å². The molecule has 1 aromatic heterocycles. The zero-order chi connectivity index (χ0) is 15.4. The number of thioether (sulfide) groups is 1. The number of hydrogen-bond acceptors (Lipinski definition) is 6. The summed E-state index contributed by atoms with van der Waals surface area (Å²) in [5.41, 5.74) is 1.16. The summed E-state index contributed by atoms with van der Waals surface area (Å²) in [4.78, 5) is 11.9. The molecule has 0 radical (unpaired) electrons. The van der Waals surface area contributed by atoms with Crippen LogP contribution in [0.2, 0.25) is 5.02 Å². The van der Waals surface area contributed by atoms with E-state index in [-0.39, 0.29) is 12.0 Å². The van der Waals surface area contributed by atoms with E-state index in [1.807, 2.05) is 24.3 Å². The fourth-order valence-electron chi connectivity index (χ4n) is 2.01. The van der Waals surface area contributed by atoms with Crippen LogP contribution in [-0.2, 0) is 15.3 Å². The molecule has 0 unspecified atom stereocenters. The van der Waals surface area contributed by atoms with Crippen molar-refractivity contribution in [1.29, 1.82) is 0 Å². The van der Waals surface area contributed by atoms with Crippen molar-refractivity contribution < 1.29 is 9.53 Å². The second kappa shape index (κ2) is 7.41. The summed E-state index contributed by atoms with van der Waals surface area (Å²) < 4.78 is 6.15. The van der Waals surface area contributed by atoms with Crippen LogP contribution in [0.15, 0.2) is 28.6 Å². The summed E-state index contributed by atoms with van der Waals surface area (Å²) in [6.45, 7) is 0.649. The van der Waals surface area contributed by atoms with Gasteiger partial charge in [-0.3, -0.25) is 10.1 Å². The van der Waals surface area contributed by atoms with Crippen LogP contribution in [0.3, 0.4) is 0 Å². The van der Waals surface area contributed by atoms with Gasteiger partial charge in [0.2, 0.25) is 5.13 Å². The SMILES string of the molecule is O=C(Nc1nnc(SCc2ccc(Cl)cc2)s1)[C@H]1CCCO1. The predicted molar refractivity (Wildman–Crippen MR) is 88.5 cm³/mol. The van der Waals surface area contributed by atoms with Gasteiger partial charge in [0.1, 0.15) is 6.10 Å². The van der Waals surface area contributed by atoms with E-state index >= 15 is 0 Å². The Bertz CT molecular complexity index is 642. The van der Waals surface area contributed by atoms with E-state index in [1.54, 1.807) is 11.8 Å². The lowest BCUT2D eigenvalue weighted by molar-refractivity contribution is -0.124. The van der Waals surface area contributed by atoms with Crippen LogP contribution in [0, 0.1) is 0 Å². The molecule has 2 aromatic rings. The lowest BCUT2D eigenvalue weighted by atomic mass is 10.2. The number of ether oxygens (including phenoxy) is 1. The Morgan fingerprint density at radius 1 is 1.41 bits per heavy atom. The van der Waals surface area contributed by atoms with E-state index in [4.69, 9.17) is 16.3 Å². The average molecular weight is 356 g/mol. The average Bonchev–Trinajstić information content (AvgIpc) is 3.18. The fraction of sp³-hybridized carbons (Fsp3) is 0.357. The minimum Gasteiger partial charge on any atom is -0.368 e. The molecule has 1 aliphatic heterocycles. The predicted octanol–water partition coefficient (Wildman–Crippen LogP) is 3.60. The molecule has 22 heavy (non-hydrogen) atoms. The van der Waals surface area contributed by atoms with Crippen LogP contribution in [0.25, 0.3) is 0 Å². The first-order valence-electron chi connectivity index (χ1n) is 6.84. The number of aromatic nitrogens is 2. The Kier molecular flexibility index (Phi) is 5.30. The van der Waals surface area contributed by atoms with Gasteiger partial charge in [-0.1, -0.05) is 46.8 Å². The monoisotopic (exact) mass is 355 g/mol. The van der Waals surface area contributed by atoms with Crippen LogP contribution >= 0.6 is 34.7 Å². The van der Waals surface area contributed by atoms with Gasteiger partial charge < -0.3 is 4.74 Å². The summed E-state index contributed by atoms with van der Waals surface area (Å²) in [5.74, 6) is 0.647. The quantitative estimate of drug-likeness (QED) is 0.655. The van der Waals surface area contributed by atoms with Gasteiger partial charge in [-0.05, 0) is 30.5 Å². The first-order chi connectivity index (χ1) is 10.7. The number of nitrogens with zero attached hydrogens (tertiary/aromatic N) is 2. The minimum absolute atomic E-state index is 0.136. The third-order valence-corrected chi connectivity index (χ3v) is 5.43. The number of rotatable bonds is 5. The van der Waals surface area contributed by atoms with Crippen molar-refractivity contribution in [1.82, 2.24) is 10.2 Å². The maximum Gasteiger partial charge on any atom is 0.255 e. The summed E-state index contributed by atoms with van der Waals surface area (Å²) in [5, 5.41) is 12.1. The number of nitrogens with one attached hydrogen (secondary N) is 1. The number of halogens is 1. The van der Waals surface area contributed by atoms with Crippen molar-refractivity contribution in [2.45, 2.75) is 29.0 Å². The van der Waals surface area contributed by atoms with Gasteiger partial charge in [-0.25, -0.2) is 0 Å². The second-order valence-electron chi connectivity index (χ2n) is 4.78. The molecule has 1 aliphatic rings. The number of hydrogen-bond donors (Lipinski definition) is 1. The molecule has 1 fully saturated rings. The van der Waals surface area contributed by atoms with Gasteiger partial charge in [-0.15, -0.1) is 10.2 Å². The van der Waals surface area contributed by atoms with Gasteiger partial charge >= 0.3 is 0 Å². The molecule has 1 atom stereocenters. The summed E-state index contributed by atoms with van der Waals surface area (Å²) in [6.07, 6.45) is 1.34. The summed E-state index contributed by atoms with van der Waals surface area (Å²) in [7, 11) is 0. The van der Waals surface area contributed by atoms with E-state index in [0.29, 0.717) is 11.7 Å². The number of carbonyl (C=O) groups excluding carboxylic acids is 1. The Morgan fingerprint density at radius 3 is 2.95 bits per heavy atom. The molecule has 1 aromatic carbocycles. The zero-order valence-corrected chi connectivity index (χ0v) is 14.0. The van der Waals surface area contributed by atoms with Crippen molar-refractivity contribution in [3.8, 4) is 0 Å². The first kappa shape index (κ1) is 15.7. The minimum atomic E-state index is -0.353. The Morgan fingerprint density at radius 2 is 2.23 bits per heavy atom. The molecular formula is C14H14ClN3O2S2. The summed E-state index contributed by atoms with van der Waals surface area (Å²) >= 11 is 8.81. The smallest absolute Gasteiger partial charge is 0.255 e. The molecule has 0 aliphatic carbocycles. The van der Waals surface area contributed by atoms with Gasteiger partial charge in [0.05, 0.1) is 0 Å². The standard InChI is InChI=1S/C14H14ClN3O2S2/c15-10-5-3-9(4-6-10)8-21-14-18-17-13(22-14)16-12(19)11-2-1-7-20-11/h3-6,11H,1-2,7-8H2,(H,16,17,19)/t11-/m1/s1. The van der Waals surface area contributed by atoms with Gasteiger partial charge in [0.15, 0.2) is 4.34 Å². The van der Waals surface area contributed by atoms with Crippen molar-refractivity contribution in [2.75, 3.05) is 11.9 Å². The molecule has 1 amide bonds. The molecule has 3 rings (SSSR count). The van der Waals surface area contributed by atoms with Crippen LogP contribution in [0.5, 0.6) is 0 Å². The molecular weight excluding hydrogens is 342 g/mol. The highest BCUT2D eigenvalue weighted by Gasteiger charge is 2.24. The van der Waals surface area contributed by atoms with Gasteiger partial charge in [-0.2, -0.15) is 0 Å². The van der Waals surface area contributed by atoms with Crippen molar-refractivity contribution in [3.63, 3.8) is 0 Å². The lowest BCUT2D eigenvalue weighted by Crippen LogP contribution is -2.26. The molecule has 8 heteroatoms. The Labute approximate surface area is 141 Å². The van der Waals surface area contributed by atoms with Crippen LogP contribution < -0.4 is 5.32 Å². The molecule has 1 saturated heterocycles. The molecule has 5 nitrogen and oxygen atoms in total. The number of benzene rings is 1. The molecule has 1 N–H and O–H groups in total. The third-order valence-electron chi connectivity index (χ3n) is 3.13. The maximum atomic E-state index is 11.9. The normalized spacial score (nSPS) is 17.6. The summed E-state index contributed by atoms with van der Waals surface area (Å²) in [6, 6.07) is 7.70. The van der Waals surface area contributed by atoms with Gasteiger partial charge in [0.25, 0.3) is 5.91 Å².